The monoisotopic (exact) mass is 418 g/mol. The Labute approximate surface area is 191 Å². The fraction of sp³-hybridized carbons (Fsp3) is 0.556. The third-order valence-electron chi connectivity index (χ3n) is 5.57. The van der Waals surface area contributed by atoms with E-state index in [1.54, 1.807) is 0 Å². The zero-order chi connectivity index (χ0) is 27.1. The normalized spacial score (nSPS) is 25.8. The molecule has 1 aliphatic rings. The molecule has 0 radical (unpaired) electrons. The van der Waals surface area contributed by atoms with Crippen molar-refractivity contribution < 1.29 is 23.5 Å². The first-order valence-corrected chi connectivity index (χ1v) is 11.0. The van der Waals surface area contributed by atoms with E-state index in [4.69, 9.17) is 8.22 Å². The Kier molecular flexibility index (Phi) is 6.58. The molecule has 3 N–H and O–H groups in total. The minimum absolute atomic E-state index is 0.299. The Morgan fingerprint density at radius 2 is 2.07 bits per heavy atom. The molecule has 0 aliphatic heterocycles. The molecule has 1 fully saturated rings. The first-order valence-electron chi connectivity index (χ1n) is 14.0. The summed E-state index contributed by atoms with van der Waals surface area (Å²) in [6.45, 7) is 0.148. The second-order valence-electron chi connectivity index (χ2n) is 8.39. The summed E-state index contributed by atoms with van der Waals surface area (Å²) in [5.74, 6) is 0. The third kappa shape index (κ3) is 8.22. The van der Waals surface area contributed by atoms with Crippen LogP contribution >= 0.6 is 0 Å². The van der Waals surface area contributed by atoms with E-state index in [9.17, 15) is 15.3 Å². The van der Waals surface area contributed by atoms with Gasteiger partial charge in [-0.1, -0.05) is 69.2 Å². The van der Waals surface area contributed by atoms with E-state index in [0.29, 0.717) is 31.3 Å². The van der Waals surface area contributed by atoms with E-state index in [1.807, 2.05) is 24.3 Å². The summed E-state index contributed by atoms with van der Waals surface area (Å²) in [7, 11) is 0. The molecule has 1 aliphatic carbocycles. The van der Waals surface area contributed by atoms with Gasteiger partial charge in [0, 0.05) is 14.6 Å². The lowest BCUT2D eigenvalue weighted by Gasteiger charge is -2.26. The molecule has 2 atom stereocenters. The Balaban J connectivity index is 2.04. The number of hydrogen-bond donors (Lipinski definition) is 3. The van der Waals surface area contributed by atoms with Crippen LogP contribution in [0.5, 0.6) is 0 Å². The van der Waals surface area contributed by atoms with Gasteiger partial charge in [-0.2, -0.15) is 0 Å². The summed E-state index contributed by atoms with van der Waals surface area (Å²) in [6, 6.07) is 8.20. The van der Waals surface area contributed by atoms with Gasteiger partial charge in [0.15, 0.2) is 0 Å². The van der Waals surface area contributed by atoms with E-state index in [1.165, 1.54) is 0 Å². The summed E-state index contributed by atoms with van der Waals surface area (Å²) >= 11 is 0. The SMILES string of the molecule is [2H]C([2H])([2H])C(O)(CCCCCc1cccc(/C(=C/C=C2/C[C@@H](O)C[C@H](O)C2=C)CCC)c1)C([2H])([2H])[2H]. The van der Waals surface area contributed by atoms with E-state index < -0.39 is 31.5 Å². The number of rotatable bonds is 10. The van der Waals surface area contributed by atoms with E-state index in [0.717, 1.165) is 48.0 Å². The molecule has 166 valence electrons. The van der Waals surface area contributed by atoms with Gasteiger partial charge < -0.3 is 15.3 Å². The van der Waals surface area contributed by atoms with Gasteiger partial charge >= 0.3 is 0 Å². The second-order valence-corrected chi connectivity index (χ2v) is 8.39. The first-order chi connectivity index (χ1) is 16.7. The Hall–Kier alpha value is -1.68. The molecule has 3 heteroatoms. The van der Waals surface area contributed by atoms with Crippen molar-refractivity contribution in [2.75, 3.05) is 0 Å². The first kappa shape index (κ1) is 16.9. The molecule has 1 aromatic carbocycles. The lowest BCUT2D eigenvalue weighted by Crippen LogP contribution is -2.26. The molecule has 0 aromatic heterocycles. The number of aryl methyl sites for hydroxylation is 1. The van der Waals surface area contributed by atoms with Gasteiger partial charge in [-0.25, -0.2) is 0 Å². The van der Waals surface area contributed by atoms with Crippen LogP contribution in [0.15, 0.2) is 54.1 Å². The number of unbranched alkanes of at least 4 members (excludes halogenated alkanes) is 2. The van der Waals surface area contributed by atoms with Crippen molar-refractivity contribution in [2.24, 2.45) is 0 Å². The van der Waals surface area contributed by atoms with Crippen molar-refractivity contribution in [1.29, 1.82) is 0 Å². The third-order valence-corrected chi connectivity index (χ3v) is 5.57. The maximum atomic E-state index is 10.4. The Morgan fingerprint density at radius 1 is 1.27 bits per heavy atom. The fourth-order valence-corrected chi connectivity index (χ4v) is 3.87. The van der Waals surface area contributed by atoms with Crippen LogP contribution in [0.1, 0.15) is 91.3 Å². The van der Waals surface area contributed by atoms with E-state index >= 15 is 0 Å². The van der Waals surface area contributed by atoms with E-state index in [-0.39, 0.29) is 6.42 Å². The number of aliphatic hydroxyl groups excluding tert-OH is 2. The van der Waals surface area contributed by atoms with Crippen LogP contribution in [0.2, 0.25) is 0 Å². The van der Waals surface area contributed by atoms with Crippen molar-refractivity contribution in [3.63, 3.8) is 0 Å². The Morgan fingerprint density at radius 3 is 2.80 bits per heavy atom. The molecule has 30 heavy (non-hydrogen) atoms. The number of benzene rings is 1. The van der Waals surface area contributed by atoms with Crippen molar-refractivity contribution in [3.05, 3.63) is 65.3 Å². The van der Waals surface area contributed by atoms with Crippen LogP contribution in [0, 0.1) is 0 Å². The van der Waals surface area contributed by atoms with Crippen molar-refractivity contribution in [2.45, 2.75) is 96.2 Å². The maximum absolute atomic E-state index is 10.4. The van der Waals surface area contributed by atoms with Crippen molar-refractivity contribution >= 4 is 5.57 Å². The van der Waals surface area contributed by atoms with Crippen molar-refractivity contribution in [3.8, 4) is 0 Å². The van der Waals surface area contributed by atoms with Gasteiger partial charge in [0.05, 0.1) is 17.8 Å². The van der Waals surface area contributed by atoms with Crippen LogP contribution in [0.4, 0.5) is 0 Å². The average molecular weight is 419 g/mol. The highest BCUT2D eigenvalue weighted by molar-refractivity contribution is 5.68. The summed E-state index contributed by atoms with van der Waals surface area (Å²) in [5, 5.41) is 30.5. The molecule has 1 saturated carbocycles. The van der Waals surface area contributed by atoms with Crippen LogP contribution in [0.25, 0.3) is 5.57 Å². The molecule has 0 bridgehead atoms. The zero-order valence-corrected chi connectivity index (χ0v) is 18.0. The fourth-order valence-electron chi connectivity index (χ4n) is 3.87. The standard InChI is InChI=1S/C27H40O3/c1-5-10-22(14-15-23-18-25(28)19-26(29)20(23)2)24-13-9-12-21(17-24)11-7-6-8-16-27(3,4)30/h9,12-15,17,25-26,28-30H,2,5-8,10-11,16,18-19H2,1,3-4H3/b22-14+,23-15-/t25-,26+/m1/s1/i3D3,4D3. The average Bonchev–Trinajstić information content (AvgIpc) is 2.77. The lowest BCUT2D eigenvalue weighted by molar-refractivity contribution is 0.0680. The smallest absolute Gasteiger partial charge is 0.0811 e. The minimum atomic E-state index is -2.97. The predicted molar refractivity (Wildman–Crippen MR) is 126 cm³/mol. The van der Waals surface area contributed by atoms with Gasteiger partial charge in [0.25, 0.3) is 0 Å². The topological polar surface area (TPSA) is 60.7 Å². The largest absolute Gasteiger partial charge is 0.393 e. The van der Waals surface area contributed by atoms with E-state index in [2.05, 4.69) is 25.6 Å². The molecule has 0 saturated heterocycles. The van der Waals surface area contributed by atoms with Gasteiger partial charge in [-0.3, -0.25) is 0 Å². The highest BCUT2D eigenvalue weighted by atomic mass is 16.3. The van der Waals surface area contributed by atoms with Crippen molar-refractivity contribution in [1.82, 2.24) is 0 Å². The van der Waals surface area contributed by atoms with Gasteiger partial charge in [0.1, 0.15) is 0 Å². The summed E-state index contributed by atoms with van der Waals surface area (Å²) in [5.41, 5.74) is 2.19. The van der Waals surface area contributed by atoms with Gasteiger partial charge in [-0.05, 0) is 73.7 Å². The van der Waals surface area contributed by atoms with Crippen LogP contribution in [-0.2, 0) is 6.42 Å². The number of hydrogen-bond acceptors (Lipinski definition) is 3. The minimum Gasteiger partial charge on any atom is -0.393 e. The molecule has 0 heterocycles. The molecule has 0 spiro atoms. The summed E-state index contributed by atoms with van der Waals surface area (Å²) in [6.07, 6.45) is 7.43. The number of allylic oxidation sites excluding steroid dienone is 3. The zero-order valence-electron chi connectivity index (χ0n) is 24.0. The molecular weight excluding hydrogens is 372 g/mol. The lowest BCUT2D eigenvalue weighted by atomic mass is 9.85. The molecule has 1 aromatic rings. The molecule has 0 unspecified atom stereocenters. The second kappa shape index (κ2) is 11.6. The van der Waals surface area contributed by atoms with Gasteiger partial charge in [-0.15, -0.1) is 0 Å². The molecule has 3 nitrogen and oxygen atoms in total. The quantitative estimate of drug-likeness (QED) is 0.424. The summed E-state index contributed by atoms with van der Waals surface area (Å²) in [4.78, 5) is 0. The van der Waals surface area contributed by atoms with Gasteiger partial charge in [0.2, 0.25) is 0 Å². The highest BCUT2D eigenvalue weighted by Crippen LogP contribution is 2.29. The van der Waals surface area contributed by atoms with Crippen LogP contribution in [-0.4, -0.2) is 33.1 Å². The summed E-state index contributed by atoms with van der Waals surface area (Å²) < 4.78 is 44.8. The predicted octanol–water partition coefficient (Wildman–Crippen LogP) is 5.74. The maximum Gasteiger partial charge on any atom is 0.0811 e. The molecular formula is C27H40O3. The highest BCUT2D eigenvalue weighted by Gasteiger charge is 2.24. The molecule has 2 rings (SSSR count). The van der Waals surface area contributed by atoms with Crippen LogP contribution in [0.3, 0.4) is 0 Å². The molecule has 0 amide bonds. The Bertz CT molecular complexity index is 932. The number of aliphatic hydroxyl groups is 3. The van der Waals surface area contributed by atoms with Crippen LogP contribution < -0.4 is 0 Å².